The van der Waals surface area contributed by atoms with Crippen molar-refractivity contribution in [2.24, 2.45) is 0 Å². The number of hydrogen-bond acceptors (Lipinski definition) is 4. The SMILES string of the molecule is Cc1cc(C(=O)NCCNC(=O)c2ccccc2)no1. The maximum absolute atomic E-state index is 11.7. The quantitative estimate of drug-likeness (QED) is 0.800. The van der Waals surface area contributed by atoms with E-state index in [0.29, 0.717) is 24.4 Å². The summed E-state index contributed by atoms with van der Waals surface area (Å²) in [5.74, 6) is 0.0838. The lowest BCUT2D eigenvalue weighted by Gasteiger charge is -2.05. The zero-order valence-electron chi connectivity index (χ0n) is 11.1. The Labute approximate surface area is 116 Å². The van der Waals surface area contributed by atoms with Crippen LogP contribution in [-0.4, -0.2) is 30.1 Å². The van der Waals surface area contributed by atoms with Crippen LogP contribution in [0.1, 0.15) is 26.6 Å². The lowest BCUT2D eigenvalue weighted by Crippen LogP contribution is -2.34. The van der Waals surface area contributed by atoms with Crippen LogP contribution >= 0.6 is 0 Å². The summed E-state index contributed by atoms with van der Waals surface area (Å²) < 4.78 is 4.81. The number of nitrogens with zero attached hydrogens (tertiary/aromatic N) is 1. The van der Waals surface area contributed by atoms with Crippen molar-refractivity contribution in [1.29, 1.82) is 0 Å². The second-order valence-electron chi connectivity index (χ2n) is 4.20. The summed E-state index contributed by atoms with van der Waals surface area (Å²) in [5.41, 5.74) is 0.822. The molecular formula is C14H15N3O3. The maximum Gasteiger partial charge on any atom is 0.273 e. The van der Waals surface area contributed by atoms with Gasteiger partial charge in [0.2, 0.25) is 0 Å². The van der Waals surface area contributed by atoms with Crippen molar-refractivity contribution in [1.82, 2.24) is 15.8 Å². The fourth-order valence-corrected chi connectivity index (χ4v) is 1.61. The Hall–Kier alpha value is -2.63. The van der Waals surface area contributed by atoms with Crippen LogP contribution in [0.3, 0.4) is 0 Å². The van der Waals surface area contributed by atoms with E-state index in [1.54, 1.807) is 37.3 Å². The minimum atomic E-state index is -0.323. The van der Waals surface area contributed by atoms with Crippen LogP contribution in [0.4, 0.5) is 0 Å². The predicted molar refractivity (Wildman–Crippen MR) is 72.3 cm³/mol. The van der Waals surface area contributed by atoms with Crippen LogP contribution in [0.15, 0.2) is 40.9 Å². The highest BCUT2D eigenvalue weighted by molar-refractivity contribution is 5.94. The first-order valence-corrected chi connectivity index (χ1v) is 6.21. The third-order valence-corrected chi connectivity index (χ3v) is 2.59. The van der Waals surface area contributed by atoms with Crippen molar-refractivity contribution in [2.75, 3.05) is 13.1 Å². The zero-order chi connectivity index (χ0) is 14.4. The Balaban J connectivity index is 1.72. The fourth-order valence-electron chi connectivity index (χ4n) is 1.61. The molecular weight excluding hydrogens is 258 g/mol. The highest BCUT2D eigenvalue weighted by Gasteiger charge is 2.10. The Morgan fingerprint density at radius 2 is 1.75 bits per heavy atom. The molecule has 0 aliphatic rings. The largest absolute Gasteiger partial charge is 0.361 e. The van der Waals surface area contributed by atoms with Crippen LogP contribution in [-0.2, 0) is 0 Å². The minimum absolute atomic E-state index is 0.169. The van der Waals surface area contributed by atoms with Gasteiger partial charge in [-0.15, -0.1) is 0 Å². The van der Waals surface area contributed by atoms with Crippen molar-refractivity contribution in [3.8, 4) is 0 Å². The van der Waals surface area contributed by atoms with Gasteiger partial charge < -0.3 is 15.2 Å². The van der Waals surface area contributed by atoms with Gasteiger partial charge in [0, 0.05) is 24.7 Å². The lowest BCUT2D eigenvalue weighted by molar-refractivity contribution is 0.0922. The molecule has 2 aromatic rings. The number of hydrogen-bond donors (Lipinski definition) is 2. The van der Waals surface area contributed by atoms with Crippen molar-refractivity contribution in [2.45, 2.75) is 6.92 Å². The molecule has 1 heterocycles. The number of carbonyl (C=O) groups is 2. The molecule has 2 amide bonds. The Morgan fingerprint density at radius 3 is 2.35 bits per heavy atom. The van der Waals surface area contributed by atoms with Gasteiger partial charge in [-0.25, -0.2) is 0 Å². The Morgan fingerprint density at radius 1 is 1.10 bits per heavy atom. The normalized spacial score (nSPS) is 10.1. The summed E-state index contributed by atoms with van der Waals surface area (Å²) in [6.45, 7) is 2.38. The van der Waals surface area contributed by atoms with Gasteiger partial charge in [0.05, 0.1) is 0 Å². The first-order valence-electron chi connectivity index (χ1n) is 6.21. The third kappa shape index (κ3) is 3.68. The number of carbonyl (C=O) groups excluding carboxylic acids is 2. The van der Waals surface area contributed by atoms with E-state index in [9.17, 15) is 9.59 Å². The molecule has 0 aliphatic heterocycles. The van der Waals surface area contributed by atoms with E-state index in [1.807, 2.05) is 6.07 Å². The molecule has 0 aliphatic carbocycles. The van der Waals surface area contributed by atoms with Gasteiger partial charge in [0.1, 0.15) is 5.76 Å². The molecule has 0 bridgehead atoms. The number of benzene rings is 1. The molecule has 0 unspecified atom stereocenters. The summed E-state index contributed by atoms with van der Waals surface area (Å²) in [5, 5.41) is 8.96. The van der Waals surface area contributed by atoms with Crippen LogP contribution in [0.2, 0.25) is 0 Å². The van der Waals surface area contributed by atoms with E-state index in [4.69, 9.17) is 4.52 Å². The zero-order valence-corrected chi connectivity index (χ0v) is 11.1. The molecule has 0 spiro atoms. The fraction of sp³-hybridized carbons (Fsp3) is 0.214. The van der Waals surface area contributed by atoms with Gasteiger partial charge in [-0.3, -0.25) is 9.59 Å². The first kappa shape index (κ1) is 13.8. The maximum atomic E-state index is 11.7. The lowest BCUT2D eigenvalue weighted by atomic mass is 10.2. The number of rotatable bonds is 5. The van der Waals surface area contributed by atoms with Crippen LogP contribution in [0, 0.1) is 6.92 Å². The molecule has 104 valence electrons. The summed E-state index contributed by atoms with van der Waals surface area (Å²) in [6, 6.07) is 10.4. The van der Waals surface area contributed by atoms with E-state index in [1.165, 1.54) is 0 Å². The topological polar surface area (TPSA) is 84.2 Å². The van der Waals surface area contributed by atoms with Crippen LogP contribution in [0.5, 0.6) is 0 Å². The molecule has 0 saturated carbocycles. The molecule has 20 heavy (non-hydrogen) atoms. The van der Waals surface area contributed by atoms with Gasteiger partial charge in [-0.2, -0.15) is 0 Å². The standard InChI is InChI=1S/C14H15N3O3/c1-10-9-12(17-20-10)14(19)16-8-7-15-13(18)11-5-3-2-4-6-11/h2-6,9H,7-8H2,1H3,(H,15,18)(H,16,19). The molecule has 2 rings (SSSR count). The number of nitrogens with one attached hydrogen (secondary N) is 2. The number of aryl methyl sites for hydroxylation is 1. The number of amides is 2. The Kier molecular flexibility index (Phi) is 4.49. The Bertz CT molecular complexity index is 593. The molecule has 6 nitrogen and oxygen atoms in total. The summed E-state index contributed by atoms with van der Waals surface area (Å²) in [7, 11) is 0. The molecule has 0 radical (unpaired) electrons. The second-order valence-corrected chi connectivity index (χ2v) is 4.20. The van der Waals surface area contributed by atoms with E-state index < -0.39 is 0 Å². The van der Waals surface area contributed by atoms with Crippen molar-refractivity contribution < 1.29 is 14.1 Å². The first-order chi connectivity index (χ1) is 9.66. The smallest absolute Gasteiger partial charge is 0.273 e. The van der Waals surface area contributed by atoms with Gasteiger partial charge in [0.15, 0.2) is 5.69 Å². The molecule has 1 aromatic carbocycles. The molecule has 1 aromatic heterocycles. The molecule has 0 fully saturated rings. The summed E-state index contributed by atoms with van der Waals surface area (Å²) in [6.07, 6.45) is 0. The average Bonchev–Trinajstić information content (AvgIpc) is 2.91. The third-order valence-electron chi connectivity index (χ3n) is 2.59. The van der Waals surface area contributed by atoms with Crippen molar-refractivity contribution in [3.63, 3.8) is 0 Å². The van der Waals surface area contributed by atoms with Gasteiger partial charge in [0.25, 0.3) is 11.8 Å². The second kappa shape index (κ2) is 6.51. The number of aromatic nitrogens is 1. The van der Waals surface area contributed by atoms with E-state index in [-0.39, 0.29) is 17.5 Å². The highest BCUT2D eigenvalue weighted by atomic mass is 16.5. The predicted octanol–water partition coefficient (Wildman–Crippen LogP) is 1.14. The average molecular weight is 273 g/mol. The van der Waals surface area contributed by atoms with Crippen molar-refractivity contribution in [3.05, 3.63) is 53.4 Å². The van der Waals surface area contributed by atoms with E-state index in [0.717, 1.165) is 0 Å². The molecule has 6 heteroatoms. The summed E-state index contributed by atoms with van der Waals surface area (Å²) in [4.78, 5) is 23.3. The highest BCUT2D eigenvalue weighted by Crippen LogP contribution is 2.00. The van der Waals surface area contributed by atoms with Gasteiger partial charge >= 0.3 is 0 Å². The molecule has 0 atom stereocenters. The van der Waals surface area contributed by atoms with Gasteiger partial charge in [-0.05, 0) is 19.1 Å². The van der Waals surface area contributed by atoms with Gasteiger partial charge in [-0.1, -0.05) is 23.4 Å². The van der Waals surface area contributed by atoms with Crippen LogP contribution < -0.4 is 10.6 Å². The summed E-state index contributed by atoms with van der Waals surface area (Å²) >= 11 is 0. The van der Waals surface area contributed by atoms with E-state index in [2.05, 4.69) is 15.8 Å². The van der Waals surface area contributed by atoms with Crippen LogP contribution in [0.25, 0.3) is 0 Å². The van der Waals surface area contributed by atoms with E-state index >= 15 is 0 Å². The monoisotopic (exact) mass is 273 g/mol. The minimum Gasteiger partial charge on any atom is -0.361 e. The van der Waals surface area contributed by atoms with Crippen molar-refractivity contribution >= 4 is 11.8 Å². The molecule has 2 N–H and O–H groups in total. The molecule has 0 saturated heterocycles.